The predicted molar refractivity (Wildman–Crippen MR) is 80.7 cm³/mol. The summed E-state index contributed by atoms with van der Waals surface area (Å²) in [7, 11) is 0. The minimum Gasteiger partial charge on any atom is -0.313 e. The number of hydrogen-bond acceptors (Lipinski definition) is 4. The van der Waals surface area contributed by atoms with Gasteiger partial charge in [-0.3, -0.25) is 0 Å². The first-order valence-corrected chi connectivity index (χ1v) is 8.62. The van der Waals surface area contributed by atoms with E-state index in [1.165, 1.54) is 37.9 Å². The number of hydrogen-bond donors (Lipinski definition) is 1. The Morgan fingerprint density at radius 1 is 1.26 bits per heavy atom. The van der Waals surface area contributed by atoms with Gasteiger partial charge in [0.25, 0.3) is 0 Å². The van der Waals surface area contributed by atoms with E-state index in [-0.39, 0.29) is 0 Å². The minimum absolute atomic E-state index is 0.587. The third-order valence-electron chi connectivity index (χ3n) is 3.66. The summed E-state index contributed by atoms with van der Waals surface area (Å²) in [4.78, 5) is 0. The van der Waals surface area contributed by atoms with Gasteiger partial charge in [0, 0.05) is 24.8 Å². The zero-order chi connectivity index (χ0) is 13.5. The average molecular weight is 282 g/mol. The van der Waals surface area contributed by atoms with Crippen LogP contribution in [0.4, 0.5) is 0 Å². The van der Waals surface area contributed by atoms with Gasteiger partial charge in [0.05, 0.1) is 0 Å². The summed E-state index contributed by atoms with van der Waals surface area (Å²) in [5, 5.41) is 13.4. The van der Waals surface area contributed by atoms with Crippen LogP contribution in [0.1, 0.15) is 51.8 Å². The highest BCUT2D eigenvalue weighted by atomic mass is 32.2. The maximum atomic E-state index is 4.37. The molecule has 0 spiro atoms. The molecule has 1 atom stereocenters. The normalized spacial score (nSPS) is 16.9. The fourth-order valence-corrected chi connectivity index (χ4v) is 3.56. The molecule has 0 radical (unpaired) electrons. The van der Waals surface area contributed by atoms with E-state index in [9.17, 15) is 0 Å². The topological polar surface area (TPSA) is 42.7 Å². The van der Waals surface area contributed by atoms with Crippen LogP contribution >= 0.6 is 11.8 Å². The van der Waals surface area contributed by atoms with Gasteiger partial charge in [-0.05, 0) is 32.2 Å². The predicted octanol–water partition coefficient (Wildman–Crippen LogP) is 2.87. The van der Waals surface area contributed by atoms with Gasteiger partial charge in [-0.25, -0.2) is 0 Å². The van der Waals surface area contributed by atoms with Crippen LogP contribution in [0, 0.1) is 0 Å². The number of fused-ring (bicyclic) bond motifs is 1. The molecule has 0 amide bonds. The van der Waals surface area contributed by atoms with E-state index < -0.39 is 0 Å². The van der Waals surface area contributed by atoms with Crippen LogP contribution in [0.25, 0.3) is 0 Å². The van der Waals surface area contributed by atoms with Gasteiger partial charge in [-0.15, -0.1) is 10.2 Å². The van der Waals surface area contributed by atoms with Crippen LogP contribution in [0.3, 0.4) is 0 Å². The van der Waals surface area contributed by atoms with Crippen LogP contribution in [0.2, 0.25) is 0 Å². The van der Waals surface area contributed by atoms with Gasteiger partial charge in [-0.2, -0.15) is 0 Å². The summed E-state index contributed by atoms with van der Waals surface area (Å²) in [5.74, 6) is 2.28. The number of rotatable bonds is 7. The molecular weight excluding hydrogens is 256 g/mol. The molecule has 19 heavy (non-hydrogen) atoms. The molecule has 4 nitrogen and oxygen atoms in total. The lowest BCUT2D eigenvalue weighted by atomic mass is 10.2. The Kier molecular flexibility index (Phi) is 6.17. The first-order chi connectivity index (χ1) is 9.35. The van der Waals surface area contributed by atoms with Crippen molar-refractivity contribution in [1.29, 1.82) is 0 Å². The van der Waals surface area contributed by atoms with Gasteiger partial charge in [0.1, 0.15) is 5.82 Å². The molecule has 0 aliphatic carbocycles. The van der Waals surface area contributed by atoms with Crippen molar-refractivity contribution in [3.63, 3.8) is 0 Å². The smallest absolute Gasteiger partial charge is 0.191 e. The van der Waals surface area contributed by atoms with E-state index in [0.29, 0.717) is 6.04 Å². The highest BCUT2D eigenvalue weighted by molar-refractivity contribution is 7.99. The number of nitrogens with one attached hydrogen (secondary N) is 1. The van der Waals surface area contributed by atoms with Crippen molar-refractivity contribution in [2.75, 3.05) is 12.3 Å². The van der Waals surface area contributed by atoms with Crippen molar-refractivity contribution in [3.8, 4) is 0 Å². The van der Waals surface area contributed by atoms with Crippen molar-refractivity contribution in [2.24, 2.45) is 0 Å². The zero-order valence-electron chi connectivity index (χ0n) is 12.2. The van der Waals surface area contributed by atoms with Crippen molar-refractivity contribution in [3.05, 3.63) is 5.82 Å². The van der Waals surface area contributed by atoms with Gasteiger partial charge in [0.2, 0.25) is 0 Å². The monoisotopic (exact) mass is 282 g/mol. The number of thioether (sulfide) groups is 1. The molecule has 0 saturated heterocycles. The number of aryl methyl sites for hydroxylation is 1. The summed E-state index contributed by atoms with van der Waals surface area (Å²) < 4.78 is 2.34. The fraction of sp³-hybridized carbons (Fsp3) is 0.857. The van der Waals surface area contributed by atoms with Gasteiger partial charge < -0.3 is 9.88 Å². The van der Waals surface area contributed by atoms with Crippen molar-refractivity contribution < 1.29 is 0 Å². The molecule has 108 valence electrons. The molecule has 0 bridgehead atoms. The molecule has 0 fully saturated rings. The largest absolute Gasteiger partial charge is 0.313 e. The first-order valence-electron chi connectivity index (χ1n) is 7.63. The van der Waals surface area contributed by atoms with Crippen LogP contribution < -0.4 is 5.32 Å². The Labute approximate surface area is 120 Å². The molecule has 1 aliphatic heterocycles. The average Bonchev–Trinajstić information content (AvgIpc) is 2.67. The maximum Gasteiger partial charge on any atom is 0.191 e. The Balaban J connectivity index is 1.90. The number of aromatic nitrogens is 3. The first kappa shape index (κ1) is 14.9. The Hall–Kier alpha value is -0.550. The van der Waals surface area contributed by atoms with Crippen LogP contribution in [0.15, 0.2) is 5.16 Å². The van der Waals surface area contributed by atoms with Crippen molar-refractivity contribution >= 4 is 11.8 Å². The highest BCUT2D eigenvalue weighted by Crippen LogP contribution is 2.22. The van der Waals surface area contributed by atoms with Crippen molar-refractivity contribution in [1.82, 2.24) is 20.1 Å². The Bertz CT molecular complexity index is 378. The molecule has 5 heteroatoms. The van der Waals surface area contributed by atoms with E-state index in [1.54, 1.807) is 0 Å². The lowest BCUT2D eigenvalue weighted by Gasteiger charge is -2.16. The lowest BCUT2D eigenvalue weighted by molar-refractivity contribution is 0.537. The standard InChI is InChI=1S/C14H26N4S/c1-3-9-15-12(4-2)11-19-14-17-16-13-8-6-5-7-10-18(13)14/h12,15H,3-11H2,1-2H3. The summed E-state index contributed by atoms with van der Waals surface area (Å²) in [6.45, 7) is 6.67. The van der Waals surface area contributed by atoms with Gasteiger partial charge >= 0.3 is 0 Å². The molecular formula is C14H26N4S. The quantitative estimate of drug-likeness (QED) is 0.781. The third kappa shape index (κ3) is 4.21. The Morgan fingerprint density at radius 2 is 2.16 bits per heavy atom. The molecule has 1 aliphatic rings. The van der Waals surface area contributed by atoms with Crippen LogP contribution in [-0.4, -0.2) is 33.1 Å². The molecule has 1 aromatic heterocycles. The third-order valence-corrected chi connectivity index (χ3v) is 4.79. The molecule has 1 N–H and O–H groups in total. The molecule has 1 aromatic rings. The SMILES string of the molecule is CCCNC(CC)CSc1nnc2n1CCCCC2. The lowest BCUT2D eigenvalue weighted by Crippen LogP contribution is -2.31. The second-order valence-corrected chi connectivity index (χ2v) is 6.22. The van der Waals surface area contributed by atoms with Crippen LogP contribution in [-0.2, 0) is 13.0 Å². The van der Waals surface area contributed by atoms with E-state index >= 15 is 0 Å². The van der Waals surface area contributed by atoms with E-state index in [1.807, 2.05) is 11.8 Å². The van der Waals surface area contributed by atoms with E-state index in [2.05, 4.69) is 33.9 Å². The molecule has 1 unspecified atom stereocenters. The second kappa shape index (κ2) is 7.90. The second-order valence-electron chi connectivity index (χ2n) is 5.23. The zero-order valence-corrected chi connectivity index (χ0v) is 13.0. The summed E-state index contributed by atoms with van der Waals surface area (Å²) >= 11 is 1.86. The van der Waals surface area contributed by atoms with Gasteiger partial charge in [-0.1, -0.05) is 32.0 Å². The highest BCUT2D eigenvalue weighted by Gasteiger charge is 2.16. The molecule has 2 rings (SSSR count). The summed E-state index contributed by atoms with van der Waals surface area (Å²) in [6, 6.07) is 0.587. The fourth-order valence-electron chi connectivity index (χ4n) is 2.41. The maximum absolute atomic E-state index is 4.37. The van der Waals surface area contributed by atoms with Crippen molar-refractivity contribution in [2.45, 2.75) is 70.1 Å². The number of nitrogens with zero attached hydrogens (tertiary/aromatic N) is 3. The molecule has 0 aromatic carbocycles. The van der Waals surface area contributed by atoms with Gasteiger partial charge in [0.15, 0.2) is 5.16 Å². The van der Waals surface area contributed by atoms with E-state index in [4.69, 9.17) is 0 Å². The Morgan fingerprint density at radius 3 is 2.95 bits per heavy atom. The van der Waals surface area contributed by atoms with E-state index in [0.717, 1.165) is 30.4 Å². The molecule has 2 heterocycles. The van der Waals surface area contributed by atoms with Crippen LogP contribution in [0.5, 0.6) is 0 Å². The summed E-state index contributed by atoms with van der Waals surface area (Å²) in [5.41, 5.74) is 0. The minimum atomic E-state index is 0.587. The molecule has 0 saturated carbocycles. The summed E-state index contributed by atoms with van der Waals surface area (Å²) in [6.07, 6.45) is 7.32.